The lowest BCUT2D eigenvalue weighted by molar-refractivity contribution is -0.130. The van der Waals surface area contributed by atoms with Crippen molar-refractivity contribution < 1.29 is 17.9 Å². The summed E-state index contributed by atoms with van der Waals surface area (Å²) in [5, 5.41) is 0.783. The molecule has 1 unspecified atom stereocenters. The molecule has 0 bridgehead atoms. The number of aromatic nitrogens is 2. The molecule has 3 rings (SSSR count). The van der Waals surface area contributed by atoms with Gasteiger partial charge in [0.1, 0.15) is 0 Å². The Hall–Kier alpha value is -1.58. The van der Waals surface area contributed by atoms with E-state index in [1.165, 1.54) is 11.8 Å². The third kappa shape index (κ3) is 5.52. The Balaban J connectivity index is 1.73. The Morgan fingerprint density at radius 2 is 2.17 bits per heavy atom. The first kappa shape index (κ1) is 22.1. The molecule has 160 valence electrons. The van der Waals surface area contributed by atoms with E-state index in [1.807, 2.05) is 24.3 Å². The smallest absolute Gasteiger partial charge is 0.233 e. The molecule has 1 amide bonds. The Kier molecular flexibility index (Phi) is 7.59. The topological polar surface area (TPSA) is 81.5 Å². The van der Waals surface area contributed by atoms with Gasteiger partial charge in [-0.25, -0.2) is 13.4 Å². The van der Waals surface area contributed by atoms with Gasteiger partial charge < -0.3 is 14.2 Å². The number of hydrogen-bond acceptors (Lipinski definition) is 6. The number of unbranched alkanes of at least 4 members (excludes halogenated alkanes) is 1. The summed E-state index contributed by atoms with van der Waals surface area (Å²) in [4.78, 5) is 19.5. The maximum absolute atomic E-state index is 13.0. The monoisotopic (exact) mass is 439 g/mol. The van der Waals surface area contributed by atoms with Gasteiger partial charge in [-0.05, 0) is 25.0 Å². The van der Waals surface area contributed by atoms with Crippen molar-refractivity contribution in [3.63, 3.8) is 0 Å². The summed E-state index contributed by atoms with van der Waals surface area (Å²) in [6.07, 6.45) is 2.37. The van der Waals surface area contributed by atoms with Crippen LogP contribution in [0.5, 0.6) is 0 Å². The second-order valence-electron chi connectivity index (χ2n) is 7.31. The predicted octanol–water partition coefficient (Wildman–Crippen LogP) is 2.59. The third-order valence-corrected chi connectivity index (χ3v) is 7.90. The van der Waals surface area contributed by atoms with Crippen molar-refractivity contribution in [1.29, 1.82) is 0 Å². The molecular weight excluding hydrogens is 410 g/mol. The number of methoxy groups -OCH3 is 1. The van der Waals surface area contributed by atoms with Crippen molar-refractivity contribution in [3.05, 3.63) is 24.3 Å². The fourth-order valence-electron chi connectivity index (χ4n) is 3.63. The molecule has 0 radical (unpaired) electrons. The maximum atomic E-state index is 13.0. The molecule has 1 fully saturated rings. The van der Waals surface area contributed by atoms with Crippen LogP contribution in [0.3, 0.4) is 0 Å². The number of thioether (sulfide) groups is 1. The van der Waals surface area contributed by atoms with Crippen LogP contribution in [0.1, 0.15) is 26.2 Å². The highest BCUT2D eigenvalue weighted by molar-refractivity contribution is 7.99. The van der Waals surface area contributed by atoms with Crippen LogP contribution in [-0.2, 0) is 25.9 Å². The van der Waals surface area contributed by atoms with Crippen molar-refractivity contribution in [2.24, 2.45) is 0 Å². The van der Waals surface area contributed by atoms with Crippen LogP contribution in [0.25, 0.3) is 11.0 Å². The zero-order valence-corrected chi connectivity index (χ0v) is 18.7. The Labute approximate surface area is 176 Å². The number of benzene rings is 1. The molecule has 7 nitrogen and oxygen atoms in total. The van der Waals surface area contributed by atoms with Gasteiger partial charge in [-0.2, -0.15) is 0 Å². The summed E-state index contributed by atoms with van der Waals surface area (Å²) >= 11 is 1.41. The van der Waals surface area contributed by atoms with Gasteiger partial charge in [0.25, 0.3) is 0 Å². The minimum Gasteiger partial charge on any atom is -0.383 e. The van der Waals surface area contributed by atoms with Gasteiger partial charge in [0.05, 0.1) is 34.9 Å². The van der Waals surface area contributed by atoms with E-state index in [0.717, 1.165) is 29.0 Å². The number of sulfone groups is 1. The quantitative estimate of drug-likeness (QED) is 0.529. The van der Waals surface area contributed by atoms with Crippen molar-refractivity contribution >= 4 is 38.5 Å². The molecule has 0 aliphatic carbocycles. The second-order valence-corrected chi connectivity index (χ2v) is 10.5. The van der Waals surface area contributed by atoms with Gasteiger partial charge in [0.15, 0.2) is 15.0 Å². The lowest BCUT2D eigenvalue weighted by Crippen LogP contribution is -2.42. The molecule has 29 heavy (non-hydrogen) atoms. The minimum absolute atomic E-state index is 0.0177. The average Bonchev–Trinajstić information content (AvgIpc) is 3.24. The summed E-state index contributed by atoms with van der Waals surface area (Å²) < 4.78 is 31.1. The van der Waals surface area contributed by atoms with Crippen LogP contribution in [0, 0.1) is 0 Å². The van der Waals surface area contributed by atoms with Crippen LogP contribution in [0.4, 0.5) is 0 Å². The van der Waals surface area contributed by atoms with Crippen LogP contribution in [-0.4, -0.2) is 72.3 Å². The zero-order chi connectivity index (χ0) is 20.9. The number of carbonyl (C=O) groups excluding carboxylic acids is 1. The number of fused-ring (bicyclic) bond motifs is 1. The summed E-state index contributed by atoms with van der Waals surface area (Å²) in [5.41, 5.74) is 1.91. The predicted molar refractivity (Wildman–Crippen MR) is 116 cm³/mol. The number of ether oxygens (including phenoxy) is 1. The van der Waals surface area contributed by atoms with Gasteiger partial charge in [-0.1, -0.05) is 37.2 Å². The second kappa shape index (κ2) is 9.95. The van der Waals surface area contributed by atoms with Crippen LogP contribution >= 0.6 is 11.8 Å². The van der Waals surface area contributed by atoms with Crippen LogP contribution in [0.15, 0.2) is 29.4 Å². The van der Waals surface area contributed by atoms with E-state index in [0.29, 0.717) is 26.1 Å². The number of hydrogen-bond donors (Lipinski definition) is 0. The first-order valence-electron chi connectivity index (χ1n) is 10.0. The first-order chi connectivity index (χ1) is 13.9. The van der Waals surface area contributed by atoms with Crippen molar-refractivity contribution in [2.45, 2.75) is 43.9 Å². The Morgan fingerprint density at radius 1 is 1.38 bits per heavy atom. The summed E-state index contributed by atoms with van der Waals surface area (Å²) in [7, 11) is -1.37. The van der Waals surface area contributed by atoms with E-state index in [2.05, 4.69) is 16.5 Å². The largest absolute Gasteiger partial charge is 0.383 e. The van der Waals surface area contributed by atoms with E-state index in [-0.39, 0.29) is 29.2 Å². The van der Waals surface area contributed by atoms with Gasteiger partial charge >= 0.3 is 0 Å². The number of carbonyl (C=O) groups is 1. The maximum Gasteiger partial charge on any atom is 0.233 e. The summed E-state index contributed by atoms with van der Waals surface area (Å²) in [6, 6.07) is 7.69. The summed E-state index contributed by atoms with van der Waals surface area (Å²) in [5.74, 6) is 0.486. The minimum atomic E-state index is -3.03. The highest BCUT2D eigenvalue weighted by atomic mass is 32.2. The normalized spacial score (nSPS) is 18.3. The lowest BCUT2D eigenvalue weighted by Gasteiger charge is -2.28. The molecule has 0 saturated carbocycles. The molecule has 1 aromatic carbocycles. The SMILES string of the molecule is CCCCN(C(=O)CSc1nc2ccccc2n1CCOC)C1CCS(=O)(=O)C1. The summed E-state index contributed by atoms with van der Waals surface area (Å²) in [6.45, 7) is 3.90. The molecular formula is C20H29N3O4S2. The molecule has 1 aliphatic heterocycles. The van der Waals surface area contributed by atoms with Crippen LogP contribution in [0.2, 0.25) is 0 Å². The number of amides is 1. The number of nitrogens with zero attached hydrogens (tertiary/aromatic N) is 3. The molecule has 1 atom stereocenters. The molecule has 2 heterocycles. The fraction of sp³-hybridized carbons (Fsp3) is 0.600. The number of rotatable bonds is 10. The Morgan fingerprint density at radius 3 is 2.86 bits per heavy atom. The van der Waals surface area contributed by atoms with E-state index in [1.54, 1.807) is 12.0 Å². The average molecular weight is 440 g/mol. The molecule has 2 aromatic rings. The highest BCUT2D eigenvalue weighted by Crippen LogP contribution is 2.26. The lowest BCUT2D eigenvalue weighted by atomic mass is 10.2. The molecule has 1 aliphatic rings. The first-order valence-corrected chi connectivity index (χ1v) is 12.8. The third-order valence-electron chi connectivity index (χ3n) is 5.19. The number of imidazole rings is 1. The van der Waals surface area contributed by atoms with E-state index < -0.39 is 9.84 Å². The molecule has 1 aromatic heterocycles. The van der Waals surface area contributed by atoms with E-state index in [9.17, 15) is 13.2 Å². The van der Waals surface area contributed by atoms with Gasteiger partial charge in [0.2, 0.25) is 5.91 Å². The van der Waals surface area contributed by atoms with Crippen LogP contribution < -0.4 is 0 Å². The molecule has 0 N–H and O–H groups in total. The Bertz CT molecular complexity index is 942. The highest BCUT2D eigenvalue weighted by Gasteiger charge is 2.34. The van der Waals surface area contributed by atoms with E-state index in [4.69, 9.17) is 4.74 Å². The number of para-hydroxylation sites is 2. The van der Waals surface area contributed by atoms with Gasteiger partial charge in [-0.15, -0.1) is 0 Å². The van der Waals surface area contributed by atoms with Crippen molar-refractivity contribution in [3.8, 4) is 0 Å². The molecule has 0 spiro atoms. The van der Waals surface area contributed by atoms with Crippen molar-refractivity contribution in [1.82, 2.24) is 14.5 Å². The molecule has 1 saturated heterocycles. The van der Waals surface area contributed by atoms with Gasteiger partial charge in [0, 0.05) is 26.2 Å². The fourth-order valence-corrected chi connectivity index (χ4v) is 6.29. The molecule has 9 heteroatoms. The van der Waals surface area contributed by atoms with E-state index >= 15 is 0 Å². The van der Waals surface area contributed by atoms with Crippen molar-refractivity contribution in [2.75, 3.05) is 37.5 Å². The standard InChI is InChI=1S/C20H29N3O4S2/c1-3-4-10-22(16-9-13-29(25,26)15-16)19(24)14-28-20-21-17-7-5-6-8-18(17)23(20)11-12-27-2/h5-8,16H,3-4,9-15H2,1-2H3. The van der Waals surface area contributed by atoms with Gasteiger partial charge in [-0.3, -0.25) is 4.79 Å². The zero-order valence-electron chi connectivity index (χ0n) is 17.0.